The molecule has 3 aromatic carbocycles. The fourth-order valence-corrected chi connectivity index (χ4v) is 2.44. The number of rotatable bonds is 5. The summed E-state index contributed by atoms with van der Waals surface area (Å²) in [5.41, 5.74) is 4.84. The number of benzene rings is 3. The van der Waals surface area contributed by atoms with Crippen LogP contribution in [-0.4, -0.2) is 20.4 Å². The average Bonchev–Trinajstić information content (AvgIpc) is 2.61. The van der Waals surface area contributed by atoms with Gasteiger partial charge in [-0.05, 0) is 35.7 Å². The molecule has 0 fully saturated rings. The van der Waals surface area contributed by atoms with Gasteiger partial charge in [0.2, 0.25) is 0 Å². The highest BCUT2D eigenvalue weighted by atomic mass is 16.5. The van der Waals surface area contributed by atoms with Gasteiger partial charge in [0, 0.05) is 10.9 Å². The van der Waals surface area contributed by atoms with E-state index in [-0.39, 0.29) is 0 Å². The van der Waals surface area contributed by atoms with Gasteiger partial charge < -0.3 is 9.47 Å². The van der Waals surface area contributed by atoms with Gasteiger partial charge in [-0.25, -0.2) is 0 Å². The van der Waals surface area contributed by atoms with Crippen molar-refractivity contribution in [3.8, 4) is 11.5 Å². The minimum Gasteiger partial charge on any atom is -0.496 e. The third-order valence-electron chi connectivity index (χ3n) is 3.58. The van der Waals surface area contributed by atoms with Crippen LogP contribution in [-0.2, 0) is 0 Å². The summed E-state index contributed by atoms with van der Waals surface area (Å²) in [6.45, 7) is 0. The Morgan fingerprint density at radius 1 is 0.870 bits per heavy atom. The number of hydrogen-bond donors (Lipinski definition) is 1. The monoisotopic (exact) mass is 306 g/mol. The van der Waals surface area contributed by atoms with Gasteiger partial charge in [-0.15, -0.1) is 0 Å². The highest BCUT2D eigenvalue weighted by Gasteiger charge is 2.07. The van der Waals surface area contributed by atoms with Crippen molar-refractivity contribution >= 4 is 22.7 Å². The zero-order valence-corrected chi connectivity index (χ0v) is 13.1. The number of fused-ring (bicyclic) bond motifs is 1. The molecule has 0 radical (unpaired) electrons. The number of anilines is 1. The smallest absolute Gasteiger partial charge is 0.128 e. The molecule has 0 atom stereocenters. The van der Waals surface area contributed by atoms with E-state index in [1.54, 1.807) is 20.4 Å². The number of hydrogen-bond acceptors (Lipinski definition) is 4. The van der Waals surface area contributed by atoms with E-state index < -0.39 is 0 Å². The van der Waals surface area contributed by atoms with Crippen molar-refractivity contribution in [2.75, 3.05) is 19.6 Å². The number of nitrogens with zero attached hydrogens (tertiary/aromatic N) is 1. The molecule has 0 aromatic heterocycles. The van der Waals surface area contributed by atoms with Crippen LogP contribution in [0.25, 0.3) is 10.8 Å². The van der Waals surface area contributed by atoms with Crippen molar-refractivity contribution in [1.82, 2.24) is 0 Å². The molecule has 0 aliphatic heterocycles. The summed E-state index contributed by atoms with van der Waals surface area (Å²) >= 11 is 0. The van der Waals surface area contributed by atoms with E-state index in [2.05, 4.69) is 10.5 Å². The number of hydrazone groups is 1. The van der Waals surface area contributed by atoms with Crippen molar-refractivity contribution in [3.63, 3.8) is 0 Å². The lowest BCUT2D eigenvalue weighted by atomic mass is 10.1. The standard InChI is InChI=1S/C19H18N2O2/c1-22-18-10-6-7-14-11-15(19(23-2)12-17(14)18)13-20-21-16-8-4-3-5-9-16/h3-13,21H,1-2H3. The maximum Gasteiger partial charge on any atom is 0.128 e. The van der Waals surface area contributed by atoms with E-state index in [0.29, 0.717) is 0 Å². The van der Waals surface area contributed by atoms with Crippen molar-refractivity contribution in [1.29, 1.82) is 0 Å². The Balaban J connectivity index is 1.93. The molecule has 0 spiro atoms. The van der Waals surface area contributed by atoms with Crippen LogP contribution in [0.5, 0.6) is 11.5 Å². The van der Waals surface area contributed by atoms with Gasteiger partial charge in [0.05, 0.1) is 26.1 Å². The Kier molecular flexibility index (Phi) is 4.43. The minimum absolute atomic E-state index is 0.751. The van der Waals surface area contributed by atoms with E-state index in [9.17, 15) is 0 Å². The van der Waals surface area contributed by atoms with Crippen LogP contribution in [0.15, 0.2) is 65.8 Å². The number of methoxy groups -OCH3 is 2. The second-order valence-corrected chi connectivity index (χ2v) is 5.01. The first kappa shape index (κ1) is 14.9. The van der Waals surface area contributed by atoms with Crippen LogP contribution in [0.3, 0.4) is 0 Å². The van der Waals surface area contributed by atoms with Crippen LogP contribution in [0, 0.1) is 0 Å². The summed E-state index contributed by atoms with van der Waals surface area (Å²) in [5, 5.41) is 6.37. The second-order valence-electron chi connectivity index (χ2n) is 5.01. The average molecular weight is 306 g/mol. The van der Waals surface area contributed by atoms with Crippen molar-refractivity contribution in [2.24, 2.45) is 5.10 Å². The predicted molar refractivity (Wildman–Crippen MR) is 94.7 cm³/mol. The van der Waals surface area contributed by atoms with Gasteiger partial charge in [0.15, 0.2) is 0 Å². The molecule has 1 N–H and O–H groups in total. The Hall–Kier alpha value is -3.01. The molecular weight excluding hydrogens is 288 g/mol. The molecule has 0 saturated heterocycles. The van der Waals surface area contributed by atoms with Crippen molar-refractivity contribution in [2.45, 2.75) is 0 Å². The minimum atomic E-state index is 0.751. The fraction of sp³-hybridized carbons (Fsp3) is 0.105. The lowest BCUT2D eigenvalue weighted by Gasteiger charge is -2.10. The van der Waals surface area contributed by atoms with E-state index in [0.717, 1.165) is 33.5 Å². The summed E-state index contributed by atoms with van der Waals surface area (Å²) < 4.78 is 10.9. The molecule has 0 aliphatic carbocycles. The third-order valence-corrected chi connectivity index (χ3v) is 3.58. The zero-order chi connectivity index (χ0) is 16.1. The predicted octanol–water partition coefficient (Wildman–Crippen LogP) is 4.30. The van der Waals surface area contributed by atoms with Crippen molar-refractivity contribution < 1.29 is 9.47 Å². The normalized spacial score (nSPS) is 10.9. The number of para-hydroxylation sites is 1. The van der Waals surface area contributed by atoms with Crippen LogP contribution >= 0.6 is 0 Å². The topological polar surface area (TPSA) is 42.9 Å². The molecule has 3 rings (SSSR count). The molecule has 4 heteroatoms. The SMILES string of the molecule is COc1cc2c(OC)cccc2cc1C=NNc1ccccc1. The van der Waals surface area contributed by atoms with Gasteiger partial charge in [-0.3, -0.25) is 5.43 Å². The lowest BCUT2D eigenvalue weighted by molar-refractivity contribution is 0.411. The molecule has 0 heterocycles. The molecule has 0 saturated carbocycles. The maximum absolute atomic E-state index is 5.48. The third kappa shape index (κ3) is 3.26. The molecule has 0 bridgehead atoms. The largest absolute Gasteiger partial charge is 0.496 e. The first-order valence-corrected chi connectivity index (χ1v) is 7.30. The molecule has 4 nitrogen and oxygen atoms in total. The molecule has 3 aromatic rings. The van der Waals surface area contributed by atoms with E-state index >= 15 is 0 Å². The molecule has 0 unspecified atom stereocenters. The lowest BCUT2D eigenvalue weighted by Crippen LogP contribution is -1.95. The van der Waals surface area contributed by atoms with E-state index in [4.69, 9.17) is 9.47 Å². The van der Waals surface area contributed by atoms with Crippen LogP contribution in [0.4, 0.5) is 5.69 Å². The highest BCUT2D eigenvalue weighted by Crippen LogP contribution is 2.31. The highest BCUT2D eigenvalue weighted by molar-refractivity contribution is 5.96. The number of nitrogens with one attached hydrogen (secondary N) is 1. The van der Waals surface area contributed by atoms with E-state index in [1.807, 2.05) is 60.7 Å². The van der Waals surface area contributed by atoms with Crippen LogP contribution < -0.4 is 14.9 Å². The van der Waals surface area contributed by atoms with Crippen LogP contribution in [0.1, 0.15) is 5.56 Å². The number of ether oxygens (including phenoxy) is 2. The summed E-state index contributed by atoms with van der Waals surface area (Å²) in [7, 11) is 3.32. The van der Waals surface area contributed by atoms with Gasteiger partial charge in [-0.1, -0.05) is 30.3 Å². The summed E-state index contributed by atoms with van der Waals surface area (Å²) in [5.74, 6) is 1.58. The second kappa shape index (κ2) is 6.83. The quantitative estimate of drug-likeness (QED) is 0.564. The molecule has 23 heavy (non-hydrogen) atoms. The first-order chi connectivity index (χ1) is 11.3. The summed E-state index contributed by atoms with van der Waals surface area (Å²) in [4.78, 5) is 0. The summed E-state index contributed by atoms with van der Waals surface area (Å²) in [6.07, 6.45) is 1.75. The molecule has 0 aliphatic rings. The van der Waals surface area contributed by atoms with Gasteiger partial charge in [0.1, 0.15) is 11.5 Å². The molecular formula is C19H18N2O2. The van der Waals surface area contributed by atoms with Gasteiger partial charge in [-0.2, -0.15) is 5.10 Å². The van der Waals surface area contributed by atoms with Crippen LogP contribution in [0.2, 0.25) is 0 Å². The zero-order valence-electron chi connectivity index (χ0n) is 13.1. The first-order valence-electron chi connectivity index (χ1n) is 7.30. The van der Waals surface area contributed by atoms with Gasteiger partial charge in [0.25, 0.3) is 0 Å². The Morgan fingerprint density at radius 3 is 2.39 bits per heavy atom. The molecule has 0 amide bonds. The Bertz CT molecular complexity index is 829. The maximum atomic E-state index is 5.48. The fourth-order valence-electron chi connectivity index (χ4n) is 2.44. The summed E-state index contributed by atoms with van der Waals surface area (Å²) in [6, 6.07) is 19.8. The Morgan fingerprint density at radius 2 is 1.65 bits per heavy atom. The Labute approximate surface area is 135 Å². The van der Waals surface area contributed by atoms with E-state index in [1.165, 1.54) is 0 Å². The van der Waals surface area contributed by atoms with Gasteiger partial charge >= 0.3 is 0 Å². The molecule has 116 valence electrons. The van der Waals surface area contributed by atoms with Crippen molar-refractivity contribution in [3.05, 3.63) is 66.2 Å².